The molecule has 0 unspecified atom stereocenters. The molecule has 0 aliphatic heterocycles. The van der Waals surface area contributed by atoms with Gasteiger partial charge < -0.3 is 9.47 Å². The number of hydrogen-bond acceptors (Lipinski definition) is 1. The second kappa shape index (κ2) is 10.5. The maximum absolute atomic E-state index is 13.1. The van der Waals surface area contributed by atoms with Crippen LogP contribution in [0, 0.1) is 11.3 Å². The second-order valence-electron chi connectivity index (χ2n) is 9.36. The van der Waals surface area contributed by atoms with Gasteiger partial charge in [-0.25, -0.2) is 0 Å². The molecule has 2 aromatic rings. The highest BCUT2D eigenvalue weighted by Gasteiger charge is 2.21. The molecular weight excluding hydrogens is 344 g/mol. The molecule has 1 aromatic carbocycles. The number of unbranched alkanes of at least 4 members (excludes halogenated alkanes) is 1. The van der Waals surface area contributed by atoms with Crippen molar-refractivity contribution in [1.82, 2.24) is 9.47 Å². The Morgan fingerprint density at radius 2 is 1.82 bits per heavy atom. The number of amides is 1. The molecule has 0 radical (unpaired) electrons. The van der Waals surface area contributed by atoms with E-state index in [-0.39, 0.29) is 11.3 Å². The molecule has 0 spiro atoms. The van der Waals surface area contributed by atoms with Crippen LogP contribution >= 0.6 is 0 Å². The average molecular weight is 383 g/mol. The highest BCUT2D eigenvalue weighted by Crippen LogP contribution is 2.26. The van der Waals surface area contributed by atoms with Crippen LogP contribution in [0.25, 0.3) is 0 Å². The van der Waals surface area contributed by atoms with Gasteiger partial charge in [-0.3, -0.25) is 4.79 Å². The third-order valence-electron chi connectivity index (χ3n) is 5.09. The van der Waals surface area contributed by atoms with Crippen LogP contribution in [0.2, 0.25) is 0 Å². The van der Waals surface area contributed by atoms with Crippen LogP contribution in [-0.4, -0.2) is 21.9 Å². The van der Waals surface area contributed by atoms with Crippen molar-refractivity contribution in [2.24, 2.45) is 11.3 Å². The maximum atomic E-state index is 13.1. The molecule has 0 aliphatic carbocycles. The van der Waals surface area contributed by atoms with Crippen LogP contribution in [0.5, 0.6) is 0 Å². The van der Waals surface area contributed by atoms with Crippen molar-refractivity contribution >= 4 is 5.91 Å². The van der Waals surface area contributed by atoms with Crippen LogP contribution < -0.4 is 0 Å². The van der Waals surface area contributed by atoms with Gasteiger partial charge in [0.05, 0.1) is 6.54 Å². The van der Waals surface area contributed by atoms with Crippen LogP contribution in [0.1, 0.15) is 71.6 Å². The van der Waals surface area contributed by atoms with Crippen molar-refractivity contribution in [2.45, 2.75) is 73.4 Å². The number of carbonyl (C=O) groups excluding carboxylic acids is 1. The number of rotatable bonds is 10. The van der Waals surface area contributed by atoms with Crippen LogP contribution in [0.3, 0.4) is 0 Å². The first kappa shape index (κ1) is 22.3. The van der Waals surface area contributed by atoms with E-state index in [1.807, 2.05) is 6.07 Å². The van der Waals surface area contributed by atoms with Gasteiger partial charge in [0, 0.05) is 31.4 Å². The molecule has 1 aromatic heterocycles. The zero-order chi connectivity index (χ0) is 20.6. The van der Waals surface area contributed by atoms with E-state index in [0.29, 0.717) is 18.9 Å². The van der Waals surface area contributed by atoms with Crippen molar-refractivity contribution in [3.8, 4) is 0 Å². The molecule has 2 rings (SSSR count). The van der Waals surface area contributed by atoms with Gasteiger partial charge in [0.15, 0.2) is 0 Å². The Bertz CT molecular complexity index is 712. The number of nitrogens with zero attached hydrogens (tertiary/aromatic N) is 2. The van der Waals surface area contributed by atoms with Gasteiger partial charge in [-0.15, -0.1) is 0 Å². The van der Waals surface area contributed by atoms with Crippen molar-refractivity contribution in [1.29, 1.82) is 0 Å². The van der Waals surface area contributed by atoms with E-state index in [4.69, 9.17) is 0 Å². The summed E-state index contributed by atoms with van der Waals surface area (Å²) in [7, 11) is 0. The van der Waals surface area contributed by atoms with Crippen LogP contribution in [0.15, 0.2) is 48.7 Å². The standard InChI is InChI=1S/C25H38N2O/c1-6-7-15-27(24(28)17-21(2)18-25(3,4)5)20-23-14-11-16-26(23)19-22-12-9-8-10-13-22/h8-14,16,21H,6-7,15,17-20H2,1-5H3/t21-/m0/s1. The van der Waals surface area contributed by atoms with Crippen LogP contribution in [0.4, 0.5) is 0 Å². The zero-order valence-corrected chi connectivity index (χ0v) is 18.4. The molecule has 0 bridgehead atoms. The second-order valence-corrected chi connectivity index (χ2v) is 9.36. The third-order valence-corrected chi connectivity index (χ3v) is 5.09. The normalized spacial score (nSPS) is 12.8. The number of benzene rings is 1. The smallest absolute Gasteiger partial charge is 0.223 e. The Labute approximate surface area is 171 Å². The number of carbonyl (C=O) groups is 1. The lowest BCUT2D eigenvalue weighted by molar-refractivity contribution is -0.133. The highest BCUT2D eigenvalue weighted by molar-refractivity contribution is 5.76. The number of aromatic nitrogens is 1. The predicted octanol–water partition coefficient (Wildman–Crippen LogP) is 6.13. The molecule has 3 nitrogen and oxygen atoms in total. The first-order valence-electron chi connectivity index (χ1n) is 10.7. The fourth-order valence-corrected chi connectivity index (χ4v) is 3.91. The van der Waals surface area contributed by atoms with Crippen molar-refractivity contribution in [2.75, 3.05) is 6.54 Å². The van der Waals surface area contributed by atoms with Gasteiger partial charge in [-0.1, -0.05) is 71.4 Å². The molecule has 3 heteroatoms. The van der Waals surface area contributed by atoms with Crippen molar-refractivity contribution in [3.63, 3.8) is 0 Å². The Morgan fingerprint density at radius 3 is 2.46 bits per heavy atom. The Kier molecular flexibility index (Phi) is 8.35. The molecule has 0 fully saturated rings. The van der Waals surface area contributed by atoms with E-state index in [9.17, 15) is 4.79 Å². The summed E-state index contributed by atoms with van der Waals surface area (Å²) in [6.45, 7) is 13.5. The zero-order valence-electron chi connectivity index (χ0n) is 18.4. The molecule has 1 amide bonds. The van der Waals surface area contributed by atoms with E-state index in [0.717, 1.165) is 32.4 Å². The summed E-state index contributed by atoms with van der Waals surface area (Å²) in [6.07, 6.45) is 5.99. The molecule has 0 aliphatic rings. The maximum Gasteiger partial charge on any atom is 0.223 e. The quantitative estimate of drug-likeness (QED) is 0.485. The molecule has 0 saturated carbocycles. The van der Waals surface area contributed by atoms with E-state index in [2.05, 4.69) is 86.7 Å². The Hall–Kier alpha value is -2.03. The Morgan fingerprint density at radius 1 is 1.11 bits per heavy atom. The van der Waals surface area contributed by atoms with E-state index < -0.39 is 0 Å². The largest absolute Gasteiger partial charge is 0.345 e. The fraction of sp³-hybridized carbons (Fsp3) is 0.560. The minimum Gasteiger partial charge on any atom is -0.345 e. The lowest BCUT2D eigenvalue weighted by Crippen LogP contribution is -2.33. The van der Waals surface area contributed by atoms with Gasteiger partial charge >= 0.3 is 0 Å². The van der Waals surface area contributed by atoms with Crippen molar-refractivity contribution in [3.05, 3.63) is 59.9 Å². The number of hydrogen-bond donors (Lipinski definition) is 0. The van der Waals surface area contributed by atoms with Gasteiger partial charge in [-0.2, -0.15) is 0 Å². The monoisotopic (exact) mass is 382 g/mol. The summed E-state index contributed by atoms with van der Waals surface area (Å²) in [5.74, 6) is 0.699. The molecular formula is C25H38N2O. The minimum atomic E-state index is 0.262. The summed E-state index contributed by atoms with van der Waals surface area (Å²) in [6, 6.07) is 14.7. The lowest BCUT2D eigenvalue weighted by atomic mass is 9.84. The first-order valence-corrected chi connectivity index (χ1v) is 10.7. The summed E-state index contributed by atoms with van der Waals surface area (Å²) >= 11 is 0. The molecule has 154 valence electrons. The predicted molar refractivity (Wildman–Crippen MR) is 118 cm³/mol. The van der Waals surface area contributed by atoms with E-state index in [1.54, 1.807) is 0 Å². The molecule has 0 N–H and O–H groups in total. The molecule has 28 heavy (non-hydrogen) atoms. The first-order chi connectivity index (χ1) is 13.3. The Balaban J connectivity index is 2.05. The van der Waals surface area contributed by atoms with Crippen molar-refractivity contribution < 1.29 is 4.79 Å². The SMILES string of the molecule is CCCCN(Cc1cccn1Cc1ccccc1)C(=O)C[C@H](C)CC(C)(C)C. The summed E-state index contributed by atoms with van der Waals surface area (Å²) in [5, 5.41) is 0. The van der Waals surface area contributed by atoms with Gasteiger partial charge in [0.1, 0.15) is 0 Å². The summed E-state index contributed by atoms with van der Waals surface area (Å²) in [4.78, 5) is 15.1. The molecule has 0 saturated heterocycles. The topological polar surface area (TPSA) is 25.2 Å². The molecule has 1 atom stereocenters. The fourth-order valence-electron chi connectivity index (χ4n) is 3.91. The van der Waals surface area contributed by atoms with Crippen LogP contribution in [-0.2, 0) is 17.9 Å². The lowest BCUT2D eigenvalue weighted by Gasteiger charge is -2.27. The highest BCUT2D eigenvalue weighted by atomic mass is 16.2. The van der Waals surface area contributed by atoms with Gasteiger partial charge in [-0.05, 0) is 41.9 Å². The van der Waals surface area contributed by atoms with Gasteiger partial charge in [0.2, 0.25) is 5.91 Å². The van der Waals surface area contributed by atoms with E-state index >= 15 is 0 Å². The average Bonchev–Trinajstić information content (AvgIpc) is 3.04. The summed E-state index contributed by atoms with van der Waals surface area (Å²) in [5.41, 5.74) is 2.75. The summed E-state index contributed by atoms with van der Waals surface area (Å²) < 4.78 is 2.26. The minimum absolute atomic E-state index is 0.262. The molecule has 1 heterocycles. The third kappa shape index (κ3) is 7.53. The van der Waals surface area contributed by atoms with E-state index in [1.165, 1.54) is 11.3 Å². The van der Waals surface area contributed by atoms with Gasteiger partial charge in [0.25, 0.3) is 0 Å².